The lowest BCUT2D eigenvalue weighted by atomic mass is 9.98. The number of rotatable bonds is 1. The minimum Gasteiger partial charge on any atom is -0.379 e. The fourth-order valence-electron chi connectivity index (χ4n) is 2.43. The summed E-state index contributed by atoms with van der Waals surface area (Å²) in [6, 6.07) is 1.41. The molecule has 3 heteroatoms. The van der Waals surface area contributed by atoms with Gasteiger partial charge in [0, 0.05) is 25.2 Å². The van der Waals surface area contributed by atoms with E-state index in [0.717, 1.165) is 32.3 Å². The Bertz CT molecular complexity index is 157. The summed E-state index contributed by atoms with van der Waals surface area (Å²) in [7, 11) is 0. The van der Waals surface area contributed by atoms with Crippen molar-refractivity contribution in [2.24, 2.45) is 0 Å². The molecule has 0 aromatic rings. The molecule has 2 aliphatic heterocycles. The third-order valence-electron chi connectivity index (χ3n) is 3.23. The van der Waals surface area contributed by atoms with Gasteiger partial charge in [0.25, 0.3) is 0 Å². The third-order valence-corrected chi connectivity index (χ3v) is 3.23. The molecule has 0 radical (unpaired) electrons. The third kappa shape index (κ3) is 2.22. The maximum Gasteiger partial charge on any atom is 0.0594 e. The second-order valence-electron chi connectivity index (χ2n) is 4.10. The number of nitrogens with one attached hydrogen (secondary N) is 1. The first-order valence-electron chi connectivity index (χ1n) is 5.43. The molecule has 2 aliphatic rings. The Morgan fingerprint density at radius 2 is 2.08 bits per heavy atom. The predicted molar refractivity (Wildman–Crippen MR) is 52.9 cm³/mol. The number of hydrogen-bond donors (Lipinski definition) is 1. The summed E-state index contributed by atoms with van der Waals surface area (Å²) >= 11 is 0. The van der Waals surface area contributed by atoms with Crippen LogP contribution in [0.5, 0.6) is 0 Å². The zero-order chi connectivity index (χ0) is 9.10. The minimum atomic E-state index is 0.659. The van der Waals surface area contributed by atoms with E-state index in [-0.39, 0.29) is 0 Å². The summed E-state index contributed by atoms with van der Waals surface area (Å²) < 4.78 is 5.36. The molecule has 2 unspecified atom stereocenters. The Morgan fingerprint density at radius 1 is 1.31 bits per heavy atom. The van der Waals surface area contributed by atoms with E-state index in [2.05, 4.69) is 17.1 Å². The van der Waals surface area contributed by atoms with Crippen molar-refractivity contribution in [2.75, 3.05) is 32.8 Å². The highest BCUT2D eigenvalue weighted by atomic mass is 16.5. The quantitative estimate of drug-likeness (QED) is 0.641. The molecule has 2 atom stereocenters. The largest absolute Gasteiger partial charge is 0.379 e. The first-order valence-corrected chi connectivity index (χ1v) is 5.43. The smallest absolute Gasteiger partial charge is 0.0594 e. The average molecular weight is 184 g/mol. The highest BCUT2D eigenvalue weighted by Gasteiger charge is 2.27. The van der Waals surface area contributed by atoms with Crippen LogP contribution < -0.4 is 5.32 Å². The Balaban J connectivity index is 1.88. The van der Waals surface area contributed by atoms with Gasteiger partial charge < -0.3 is 10.1 Å². The summed E-state index contributed by atoms with van der Waals surface area (Å²) in [5.74, 6) is 0. The molecular weight excluding hydrogens is 164 g/mol. The number of nitrogens with zero attached hydrogens (tertiary/aromatic N) is 1. The molecule has 0 spiro atoms. The van der Waals surface area contributed by atoms with Crippen molar-refractivity contribution in [3.05, 3.63) is 0 Å². The van der Waals surface area contributed by atoms with Gasteiger partial charge >= 0.3 is 0 Å². The zero-order valence-electron chi connectivity index (χ0n) is 8.46. The number of ether oxygens (including phenoxy) is 1. The Morgan fingerprint density at radius 3 is 2.77 bits per heavy atom. The Hall–Kier alpha value is -0.120. The van der Waals surface area contributed by atoms with Crippen LogP contribution in [-0.4, -0.2) is 49.8 Å². The van der Waals surface area contributed by atoms with Crippen molar-refractivity contribution in [3.63, 3.8) is 0 Å². The molecule has 0 aromatic heterocycles. The maximum absolute atomic E-state index is 5.36. The summed E-state index contributed by atoms with van der Waals surface area (Å²) in [5.41, 5.74) is 0. The van der Waals surface area contributed by atoms with Gasteiger partial charge in [0.05, 0.1) is 13.2 Å². The van der Waals surface area contributed by atoms with Crippen molar-refractivity contribution in [1.82, 2.24) is 10.2 Å². The molecule has 0 aliphatic carbocycles. The van der Waals surface area contributed by atoms with Crippen molar-refractivity contribution < 1.29 is 4.74 Å². The standard InChI is InChI=1S/C10H20N2O/c1-9-10(3-2-4-11-9)12-5-7-13-8-6-12/h9-11H,2-8H2,1H3. The summed E-state index contributed by atoms with van der Waals surface area (Å²) in [4.78, 5) is 2.58. The highest BCUT2D eigenvalue weighted by molar-refractivity contribution is 4.86. The molecule has 76 valence electrons. The maximum atomic E-state index is 5.36. The van der Waals surface area contributed by atoms with Crippen LogP contribution in [0.3, 0.4) is 0 Å². The minimum absolute atomic E-state index is 0.659. The van der Waals surface area contributed by atoms with Crippen molar-refractivity contribution in [3.8, 4) is 0 Å². The summed E-state index contributed by atoms with van der Waals surface area (Å²) in [6.45, 7) is 7.58. The summed E-state index contributed by atoms with van der Waals surface area (Å²) in [6.07, 6.45) is 2.68. The van der Waals surface area contributed by atoms with Gasteiger partial charge in [0.1, 0.15) is 0 Å². The fourth-order valence-corrected chi connectivity index (χ4v) is 2.43. The first kappa shape index (κ1) is 9.44. The molecule has 2 fully saturated rings. The van der Waals surface area contributed by atoms with E-state index in [9.17, 15) is 0 Å². The highest BCUT2D eigenvalue weighted by Crippen LogP contribution is 2.16. The molecule has 0 amide bonds. The van der Waals surface area contributed by atoms with E-state index >= 15 is 0 Å². The van der Waals surface area contributed by atoms with Crippen LogP contribution in [0.1, 0.15) is 19.8 Å². The second kappa shape index (κ2) is 4.40. The monoisotopic (exact) mass is 184 g/mol. The van der Waals surface area contributed by atoms with Gasteiger partial charge in [-0.2, -0.15) is 0 Å². The van der Waals surface area contributed by atoms with Crippen LogP contribution in [-0.2, 0) is 4.74 Å². The first-order chi connectivity index (χ1) is 6.38. The van der Waals surface area contributed by atoms with Gasteiger partial charge in [-0.3, -0.25) is 4.90 Å². The average Bonchev–Trinajstić information content (AvgIpc) is 2.20. The topological polar surface area (TPSA) is 24.5 Å². The lowest BCUT2D eigenvalue weighted by molar-refractivity contribution is 0.00278. The molecular formula is C10H20N2O. The van der Waals surface area contributed by atoms with Crippen LogP contribution in [0.25, 0.3) is 0 Å². The van der Waals surface area contributed by atoms with Gasteiger partial charge in [-0.25, -0.2) is 0 Å². The van der Waals surface area contributed by atoms with E-state index in [4.69, 9.17) is 4.74 Å². The van der Waals surface area contributed by atoms with Crippen molar-refractivity contribution in [2.45, 2.75) is 31.8 Å². The second-order valence-corrected chi connectivity index (χ2v) is 4.10. The van der Waals surface area contributed by atoms with Gasteiger partial charge in [-0.1, -0.05) is 0 Å². The molecule has 2 heterocycles. The Labute approximate surface area is 80.4 Å². The van der Waals surface area contributed by atoms with E-state index in [1.165, 1.54) is 19.4 Å². The lowest BCUT2D eigenvalue weighted by Crippen LogP contribution is -2.55. The molecule has 0 aromatic carbocycles. The molecule has 13 heavy (non-hydrogen) atoms. The summed E-state index contributed by atoms with van der Waals surface area (Å²) in [5, 5.41) is 3.55. The molecule has 2 saturated heterocycles. The SMILES string of the molecule is CC1NCCCC1N1CCOCC1. The van der Waals surface area contributed by atoms with Gasteiger partial charge in [0.15, 0.2) is 0 Å². The van der Waals surface area contributed by atoms with Crippen LogP contribution >= 0.6 is 0 Å². The normalized spacial score (nSPS) is 37.6. The van der Waals surface area contributed by atoms with Crippen molar-refractivity contribution in [1.29, 1.82) is 0 Å². The van der Waals surface area contributed by atoms with E-state index in [0.29, 0.717) is 6.04 Å². The van der Waals surface area contributed by atoms with Gasteiger partial charge in [0.2, 0.25) is 0 Å². The van der Waals surface area contributed by atoms with E-state index < -0.39 is 0 Å². The van der Waals surface area contributed by atoms with E-state index in [1.807, 2.05) is 0 Å². The van der Waals surface area contributed by atoms with Crippen LogP contribution in [0, 0.1) is 0 Å². The lowest BCUT2D eigenvalue weighted by Gasteiger charge is -2.40. The van der Waals surface area contributed by atoms with Crippen LogP contribution in [0.15, 0.2) is 0 Å². The Kier molecular flexibility index (Phi) is 3.19. The van der Waals surface area contributed by atoms with Crippen LogP contribution in [0.2, 0.25) is 0 Å². The predicted octanol–water partition coefficient (Wildman–Crippen LogP) is 0.459. The molecule has 0 saturated carbocycles. The zero-order valence-corrected chi connectivity index (χ0v) is 8.46. The van der Waals surface area contributed by atoms with Crippen molar-refractivity contribution >= 4 is 0 Å². The van der Waals surface area contributed by atoms with E-state index in [1.54, 1.807) is 0 Å². The fraction of sp³-hybridized carbons (Fsp3) is 1.00. The number of morpholine rings is 1. The molecule has 2 rings (SSSR count). The molecule has 0 bridgehead atoms. The molecule has 1 N–H and O–H groups in total. The van der Waals surface area contributed by atoms with Gasteiger partial charge in [-0.05, 0) is 26.3 Å². The van der Waals surface area contributed by atoms with Gasteiger partial charge in [-0.15, -0.1) is 0 Å². The number of piperidine rings is 1. The van der Waals surface area contributed by atoms with Crippen LogP contribution in [0.4, 0.5) is 0 Å². The number of hydrogen-bond acceptors (Lipinski definition) is 3. The molecule has 3 nitrogen and oxygen atoms in total.